The Hall–Kier alpha value is -2.47. The van der Waals surface area contributed by atoms with Gasteiger partial charge in [0.05, 0.1) is 0 Å². The highest BCUT2D eigenvalue weighted by atomic mass is 35.5. The summed E-state index contributed by atoms with van der Waals surface area (Å²) in [5.74, 6) is 0.288. The van der Waals surface area contributed by atoms with Crippen molar-refractivity contribution in [3.05, 3.63) is 58.6 Å². The van der Waals surface area contributed by atoms with Crippen molar-refractivity contribution in [2.45, 2.75) is 13.5 Å². The second kappa shape index (κ2) is 5.73. The molecular formula is C15H14ClN5O. The van der Waals surface area contributed by atoms with E-state index in [1.54, 1.807) is 28.7 Å². The second-order valence-electron chi connectivity index (χ2n) is 5.02. The predicted octanol–water partition coefficient (Wildman–Crippen LogP) is 2.36. The van der Waals surface area contributed by atoms with E-state index >= 15 is 0 Å². The van der Waals surface area contributed by atoms with Crippen LogP contribution in [0.1, 0.15) is 21.9 Å². The molecule has 0 unspecified atom stereocenters. The molecule has 0 radical (unpaired) electrons. The molecule has 6 nitrogen and oxygen atoms in total. The lowest BCUT2D eigenvalue weighted by Crippen LogP contribution is -2.27. The van der Waals surface area contributed by atoms with Gasteiger partial charge in [-0.05, 0) is 30.7 Å². The molecule has 3 rings (SSSR count). The van der Waals surface area contributed by atoms with Crippen LogP contribution in [0.4, 0.5) is 0 Å². The molecule has 0 aliphatic rings. The molecule has 0 aliphatic carbocycles. The lowest BCUT2D eigenvalue weighted by molar-refractivity contribution is 0.0773. The minimum atomic E-state index is -0.259. The van der Waals surface area contributed by atoms with Crippen molar-refractivity contribution in [3.8, 4) is 0 Å². The van der Waals surface area contributed by atoms with Crippen LogP contribution in [0.3, 0.4) is 0 Å². The Morgan fingerprint density at radius 1 is 1.36 bits per heavy atom. The molecule has 0 bridgehead atoms. The van der Waals surface area contributed by atoms with Crippen molar-refractivity contribution in [1.82, 2.24) is 24.5 Å². The lowest BCUT2D eigenvalue weighted by atomic mass is 10.2. The van der Waals surface area contributed by atoms with Gasteiger partial charge in [0.25, 0.3) is 11.7 Å². The summed E-state index contributed by atoms with van der Waals surface area (Å²) in [6.07, 6.45) is 1.64. The molecule has 0 saturated carbocycles. The molecule has 2 aromatic heterocycles. The number of nitrogens with zero attached hydrogens (tertiary/aromatic N) is 5. The van der Waals surface area contributed by atoms with Crippen LogP contribution in [0.15, 0.2) is 36.5 Å². The van der Waals surface area contributed by atoms with Gasteiger partial charge in [-0.3, -0.25) is 4.79 Å². The van der Waals surface area contributed by atoms with E-state index < -0.39 is 0 Å². The number of hydrogen-bond acceptors (Lipinski definition) is 4. The molecule has 7 heteroatoms. The Morgan fingerprint density at radius 2 is 2.18 bits per heavy atom. The fourth-order valence-corrected chi connectivity index (χ4v) is 2.36. The summed E-state index contributed by atoms with van der Waals surface area (Å²) in [4.78, 5) is 22.3. The zero-order chi connectivity index (χ0) is 15.7. The number of rotatable bonds is 3. The average Bonchev–Trinajstić information content (AvgIpc) is 2.92. The van der Waals surface area contributed by atoms with Gasteiger partial charge in [-0.15, -0.1) is 5.10 Å². The van der Waals surface area contributed by atoms with E-state index in [9.17, 15) is 4.79 Å². The Bertz CT molecular complexity index is 845. The Labute approximate surface area is 132 Å². The number of amides is 1. The summed E-state index contributed by atoms with van der Waals surface area (Å²) in [5.41, 5.74) is 1.82. The molecule has 0 atom stereocenters. The fraction of sp³-hybridized carbons (Fsp3) is 0.200. The zero-order valence-electron chi connectivity index (χ0n) is 12.2. The van der Waals surface area contributed by atoms with Crippen molar-refractivity contribution < 1.29 is 4.79 Å². The molecule has 0 saturated heterocycles. The molecule has 1 aromatic carbocycles. The molecule has 112 valence electrons. The van der Waals surface area contributed by atoms with Gasteiger partial charge in [0.1, 0.15) is 0 Å². The van der Waals surface area contributed by atoms with Gasteiger partial charge in [-0.2, -0.15) is 4.98 Å². The highest BCUT2D eigenvalue weighted by molar-refractivity contribution is 6.30. The van der Waals surface area contributed by atoms with E-state index in [1.807, 2.05) is 31.2 Å². The molecule has 2 heterocycles. The van der Waals surface area contributed by atoms with E-state index in [2.05, 4.69) is 15.1 Å². The summed E-state index contributed by atoms with van der Waals surface area (Å²) in [6.45, 7) is 2.31. The molecule has 3 aromatic rings. The number of fused-ring (bicyclic) bond motifs is 1. The van der Waals surface area contributed by atoms with E-state index in [1.165, 1.54) is 0 Å². The smallest absolute Gasteiger partial charge is 0.293 e. The number of benzene rings is 1. The van der Waals surface area contributed by atoms with Crippen LogP contribution < -0.4 is 0 Å². The van der Waals surface area contributed by atoms with Crippen LogP contribution in [-0.4, -0.2) is 37.4 Å². The SMILES string of the molecule is Cc1ccnc2nc(C(=O)N(C)Cc3cccc(Cl)c3)nn12. The third-order valence-corrected chi connectivity index (χ3v) is 3.51. The van der Waals surface area contributed by atoms with Crippen LogP contribution in [0.2, 0.25) is 5.02 Å². The molecule has 22 heavy (non-hydrogen) atoms. The van der Waals surface area contributed by atoms with Crippen molar-refractivity contribution in [2.24, 2.45) is 0 Å². The van der Waals surface area contributed by atoms with Crippen molar-refractivity contribution in [1.29, 1.82) is 0 Å². The van der Waals surface area contributed by atoms with Gasteiger partial charge in [0.15, 0.2) is 0 Å². The van der Waals surface area contributed by atoms with Crippen LogP contribution in [-0.2, 0) is 6.54 Å². The van der Waals surface area contributed by atoms with Crippen LogP contribution in [0.5, 0.6) is 0 Å². The second-order valence-corrected chi connectivity index (χ2v) is 5.46. The maximum atomic E-state index is 12.4. The molecule has 0 fully saturated rings. The van der Waals surface area contributed by atoms with Crippen LogP contribution in [0, 0.1) is 6.92 Å². The van der Waals surface area contributed by atoms with Gasteiger partial charge in [-0.25, -0.2) is 9.50 Å². The quantitative estimate of drug-likeness (QED) is 0.744. The van der Waals surface area contributed by atoms with Gasteiger partial charge in [0, 0.05) is 30.5 Å². The van der Waals surface area contributed by atoms with Crippen LogP contribution >= 0.6 is 11.6 Å². The molecule has 0 aliphatic heterocycles. The number of aromatic nitrogens is 4. The largest absolute Gasteiger partial charge is 0.335 e. The van der Waals surface area contributed by atoms with Gasteiger partial charge < -0.3 is 4.90 Å². The minimum absolute atomic E-state index is 0.131. The average molecular weight is 316 g/mol. The summed E-state index contributed by atoms with van der Waals surface area (Å²) < 4.78 is 1.56. The summed E-state index contributed by atoms with van der Waals surface area (Å²) >= 11 is 5.96. The van der Waals surface area contributed by atoms with Crippen molar-refractivity contribution in [3.63, 3.8) is 0 Å². The first-order chi connectivity index (χ1) is 10.5. The standard InChI is InChI=1S/C15H14ClN5O/c1-10-6-7-17-15-18-13(19-21(10)15)14(22)20(2)9-11-4-3-5-12(16)8-11/h3-8H,9H2,1-2H3. The van der Waals surface area contributed by atoms with Gasteiger partial charge in [-0.1, -0.05) is 23.7 Å². The van der Waals surface area contributed by atoms with E-state index in [-0.39, 0.29) is 11.7 Å². The Kier molecular flexibility index (Phi) is 3.77. The number of halogens is 1. The first kappa shape index (κ1) is 14.5. The third-order valence-electron chi connectivity index (χ3n) is 3.28. The number of carbonyl (C=O) groups excluding carboxylic acids is 1. The van der Waals surface area contributed by atoms with E-state index in [0.717, 1.165) is 11.3 Å². The summed E-state index contributed by atoms with van der Waals surface area (Å²) in [5, 5.41) is 4.86. The van der Waals surface area contributed by atoms with Crippen LogP contribution in [0.25, 0.3) is 5.78 Å². The van der Waals surface area contributed by atoms with E-state index in [4.69, 9.17) is 11.6 Å². The summed E-state index contributed by atoms with van der Waals surface area (Å²) in [7, 11) is 1.70. The first-order valence-corrected chi connectivity index (χ1v) is 7.10. The molecule has 1 amide bonds. The van der Waals surface area contributed by atoms with Crippen molar-refractivity contribution in [2.75, 3.05) is 7.05 Å². The van der Waals surface area contributed by atoms with Crippen molar-refractivity contribution >= 4 is 23.3 Å². The fourth-order valence-electron chi connectivity index (χ4n) is 2.15. The maximum Gasteiger partial charge on any atom is 0.293 e. The topological polar surface area (TPSA) is 63.4 Å². The molecule has 0 spiro atoms. The molecule has 0 N–H and O–H groups in total. The maximum absolute atomic E-state index is 12.4. The van der Waals surface area contributed by atoms with Gasteiger partial charge >= 0.3 is 0 Å². The minimum Gasteiger partial charge on any atom is -0.335 e. The number of aryl methyl sites for hydroxylation is 1. The summed E-state index contributed by atoms with van der Waals surface area (Å²) in [6, 6.07) is 9.20. The number of carbonyl (C=O) groups is 1. The first-order valence-electron chi connectivity index (χ1n) is 6.73. The Balaban J connectivity index is 1.84. The predicted molar refractivity (Wildman–Crippen MR) is 82.8 cm³/mol. The Morgan fingerprint density at radius 3 is 2.91 bits per heavy atom. The number of hydrogen-bond donors (Lipinski definition) is 0. The highest BCUT2D eigenvalue weighted by Crippen LogP contribution is 2.13. The monoisotopic (exact) mass is 315 g/mol. The lowest BCUT2D eigenvalue weighted by Gasteiger charge is -2.15. The van der Waals surface area contributed by atoms with Gasteiger partial charge in [0.2, 0.25) is 5.82 Å². The highest BCUT2D eigenvalue weighted by Gasteiger charge is 2.18. The zero-order valence-corrected chi connectivity index (χ0v) is 12.9. The third kappa shape index (κ3) is 2.78. The van der Waals surface area contributed by atoms with E-state index in [0.29, 0.717) is 17.3 Å². The normalized spacial score (nSPS) is 10.9. The molecular weight excluding hydrogens is 302 g/mol.